The third-order valence-corrected chi connectivity index (χ3v) is 8.72. The van der Waals surface area contributed by atoms with Gasteiger partial charge in [0.15, 0.2) is 0 Å². The molecule has 5 heteroatoms. The maximum Gasteiger partial charge on any atom is 0.307 e. The van der Waals surface area contributed by atoms with Crippen molar-refractivity contribution in [2.24, 2.45) is 5.92 Å². The van der Waals surface area contributed by atoms with Crippen LogP contribution in [0.15, 0.2) is 72.8 Å². The molecule has 0 spiro atoms. The third kappa shape index (κ3) is 7.16. The average molecular weight is 530 g/mol. The van der Waals surface area contributed by atoms with E-state index in [1.165, 1.54) is 5.56 Å². The van der Waals surface area contributed by atoms with E-state index in [1.54, 1.807) is 0 Å². The lowest BCUT2D eigenvalue weighted by atomic mass is 9.72. The van der Waals surface area contributed by atoms with Crippen LogP contribution in [0, 0.1) is 19.8 Å². The van der Waals surface area contributed by atoms with Gasteiger partial charge < -0.3 is 20.2 Å². The minimum Gasteiger partial charge on any atom is -0.481 e. The molecule has 1 atom stereocenters. The summed E-state index contributed by atoms with van der Waals surface area (Å²) in [6, 6.07) is 24.1. The van der Waals surface area contributed by atoms with Gasteiger partial charge >= 0.3 is 5.97 Å². The summed E-state index contributed by atoms with van der Waals surface area (Å²) in [6.07, 6.45) is 4.79. The van der Waals surface area contributed by atoms with Gasteiger partial charge in [-0.3, -0.25) is 4.79 Å². The quantitative estimate of drug-likeness (QED) is 0.282. The number of carboxylic acids is 1. The van der Waals surface area contributed by atoms with Gasteiger partial charge in [0.05, 0.1) is 12.5 Å². The zero-order valence-electron chi connectivity index (χ0n) is 23.4. The molecule has 3 aromatic carbocycles. The van der Waals surface area contributed by atoms with E-state index in [4.69, 9.17) is 5.11 Å². The van der Waals surface area contributed by atoms with Crippen molar-refractivity contribution >= 4 is 5.97 Å². The van der Waals surface area contributed by atoms with Crippen LogP contribution in [0.5, 0.6) is 0 Å². The monoisotopic (exact) mass is 529 g/mol. The van der Waals surface area contributed by atoms with Gasteiger partial charge in [-0.2, -0.15) is 0 Å². The van der Waals surface area contributed by atoms with Gasteiger partial charge in [-0.25, -0.2) is 0 Å². The second-order valence-corrected chi connectivity index (χ2v) is 11.2. The van der Waals surface area contributed by atoms with Crippen LogP contribution < -0.4 is 0 Å². The molecule has 4 rings (SSSR count). The zero-order chi connectivity index (χ0) is 27.8. The van der Waals surface area contributed by atoms with Crippen molar-refractivity contribution in [3.63, 3.8) is 0 Å². The van der Waals surface area contributed by atoms with Crippen molar-refractivity contribution in [3.05, 3.63) is 106 Å². The molecular weight excluding hydrogens is 486 g/mol. The van der Waals surface area contributed by atoms with Crippen LogP contribution in [0.1, 0.15) is 65.5 Å². The van der Waals surface area contributed by atoms with Crippen molar-refractivity contribution in [1.82, 2.24) is 4.90 Å². The topological polar surface area (TPSA) is 81.0 Å². The molecule has 1 fully saturated rings. The molecule has 1 aliphatic heterocycles. The van der Waals surface area contributed by atoms with Crippen LogP contribution in [0.4, 0.5) is 0 Å². The second-order valence-electron chi connectivity index (χ2n) is 11.2. The van der Waals surface area contributed by atoms with Gasteiger partial charge in [-0.05, 0) is 111 Å². The van der Waals surface area contributed by atoms with E-state index in [2.05, 4.69) is 4.90 Å². The second kappa shape index (κ2) is 13.4. The first kappa shape index (κ1) is 29.0. The lowest BCUT2D eigenvalue weighted by Crippen LogP contribution is -2.44. The van der Waals surface area contributed by atoms with Gasteiger partial charge in [-0.1, -0.05) is 72.8 Å². The molecule has 3 aromatic rings. The Hall–Kier alpha value is -2.99. The van der Waals surface area contributed by atoms with Crippen molar-refractivity contribution in [2.45, 2.75) is 70.5 Å². The maximum atomic E-state index is 12.1. The molecule has 0 aromatic heterocycles. The number of aliphatic hydroxyl groups is 2. The number of benzene rings is 3. The number of nitrogens with zero attached hydrogens (tertiary/aromatic N) is 1. The first-order chi connectivity index (χ1) is 18.8. The molecule has 5 nitrogen and oxygen atoms in total. The zero-order valence-corrected chi connectivity index (χ0v) is 23.4. The Bertz CT molecular complexity index is 1160. The summed E-state index contributed by atoms with van der Waals surface area (Å²) < 4.78 is 0. The number of hydrogen-bond donors (Lipinski definition) is 3. The molecule has 0 saturated carbocycles. The Balaban J connectivity index is 1.25. The molecule has 0 radical (unpaired) electrons. The normalized spacial score (nSPS) is 15.8. The first-order valence-electron chi connectivity index (χ1n) is 14.3. The minimum absolute atomic E-state index is 0.0463. The Morgan fingerprint density at radius 3 is 1.97 bits per heavy atom. The number of rotatable bonds is 12. The number of hydrogen-bond acceptors (Lipinski definition) is 4. The number of likely N-dealkylation sites (tertiary alicyclic amines) is 1. The van der Waals surface area contributed by atoms with Gasteiger partial charge in [0.2, 0.25) is 0 Å². The highest BCUT2D eigenvalue weighted by Gasteiger charge is 2.41. The molecule has 208 valence electrons. The predicted molar refractivity (Wildman–Crippen MR) is 156 cm³/mol. The summed E-state index contributed by atoms with van der Waals surface area (Å²) in [4.78, 5) is 13.5. The van der Waals surface area contributed by atoms with E-state index < -0.39 is 11.6 Å². The van der Waals surface area contributed by atoms with Crippen molar-refractivity contribution < 1.29 is 20.1 Å². The largest absolute Gasteiger partial charge is 0.481 e. The standard InChI is InChI=1S/C34H43NO4/c1-25-26(2)28(24-33(37)38)16-15-27(25)17-18-32(36)14-9-21-35-22-19-31(20-23-35)34(39,29-10-5-3-6-11-29)30-12-7-4-8-13-30/h3-8,10-13,15-16,31-32,36,39H,9,14,17-24H2,1-2H3,(H,37,38)/t32-/m0/s1. The summed E-state index contributed by atoms with van der Waals surface area (Å²) in [7, 11) is 0. The van der Waals surface area contributed by atoms with Crippen LogP contribution in [0.3, 0.4) is 0 Å². The number of carboxylic acid groups (broad SMARTS) is 1. The maximum absolute atomic E-state index is 12.1. The summed E-state index contributed by atoms with van der Waals surface area (Å²) in [6.45, 7) is 6.88. The molecule has 0 unspecified atom stereocenters. The molecule has 0 amide bonds. The highest BCUT2D eigenvalue weighted by atomic mass is 16.4. The molecule has 1 heterocycles. The smallest absolute Gasteiger partial charge is 0.307 e. The molecule has 3 N–H and O–H groups in total. The van der Waals surface area contributed by atoms with Crippen LogP contribution in [-0.4, -0.2) is 51.9 Å². The first-order valence-corrected chi connectivity index (χ1v) is 14.3. The number of piperidine rings is 1. The molecule has 0 aliphatic carbocycles. The number of aryl methyl sites for hydroxylation is 1. The van der Waals surface area contributed by atoms with Crippen molar-refractivity contribution in [2.75, 3.05) is 19.6 Å². The van der Waals surface area contributed by atoms with E-state index in [-0.39, 0.29) is 18.4 Å². The number of aliphatic hydroxyl groups excluding tert-OH is 1. The number of carbonyl (C=O) groups is 1. The SMILES string of the molecule is Cc1c(CC[C@@H](O)CCCN2CCC(C(O)(c3ccccc3)c3ccccc3)CC2)ccc(CC(=O)O)c1C. The van der Waals surface area contributed by atoms with Crippen LogP contribution in [0.25, 0.3) is 0 Å². The van der Waals surface area contributed by atoms with E-state index in [9.17, 15) is 15.0 Å². The summed E-state index contributed by atoms with van der Waals surface area (Å²) in [5.41, 5.74) is 5.15. The van der Waals surface area contributed by atoms with E-state index in [0.717, 1.165) is 79.6 Å². The summed E-state index contributed by atoms with van der Waals surface area (Å²) >= 11 is 0. The van der Waals surface area contributed by atoms with Gasteiger partial charge in [0.25, 0.3) is 0 Å². The van der Waals surface area contributed by atoms with E-state index >= 15 is 0 Å². The summed E-state index contributed by atoms with van der Waals surface area (Å²) in [5.74, 6) is -0.661. The van der Waals surface area contributed by atoms with Crippen molar-refractivity contribution in [1.29, 1.82) is 0 Å². The lowest BCUT2D eigenvalue weighted by molar-refractivity contribution is -0.136. The Kier molecular flexibility index (Phi) is 9.95. The molecule has 1 saturated heterocycles. The fourth-order valence-corrected chi connectivity index (χ4v) is 6.17. The summed E-state index contributed by atoms with van der Waals surface area (Å²) in [5, 5.41) is 31.8. The molecule has 39 heavy (non-hydrogen) atoms. The van der Waals surface area contributed by atoms with Crippen LogP contribution in [0.2, 0.25) is 0 Å². The van der Waals surface area contributed by atoms with Gasteiger partial charge in [-0.15, -0.1) is 0 Å². The van der Waals surface area contributed by atoms with Gasteiger partial charge in [0, 0.05) is 0 Å². The average Bonchev–Trinajstić information content (AvgIpc) is 2.96. The Morgan fingerprint density at radius 1 is 0.872 bits per heavy atom. The molecule has 0 bridgehead atoms. The van der Waals surface area contributed by atoms with Gasteiger partial charge in [0.1, 0.15) is 5.60 Å². The molecule has 1 aliphatic rings. The molecular formula is C34H43NO4. The minimum atomic E-state index is -0.993. The van der Waals surface area contributed by atoms with E-state index in [1.807, 2.05) is 86.6 Å². The fourth-order valence-electron chi connectivity index (χ4n) is 6.17. The lowest BCUT2D eigenvalue weighted by Gasteiger charge is -2.42. The fraction of sp³-hybridized carbons (Fsp3) is 0.441. The predicted octanol–water partition coefficient (Wildman–Crippen LogP) is 5.65. The van der Waals surface area contributed by atoms with E-state index in [0.29, 0.717) is 6.42 Å². The van der Waals surface area contributed by atoms with Crippen LogP contribution >= 0.6 is 0 Å². The highest BCUT2D eigenvalue weighted by molar-refractivity contribution is 5.71. The Morgan fingerprint density at radius 2 is 1.41 bits per heavy atom. The third-order valence-electron chi connectivity index (χ3n) is 8.72. The Labute approximate surface area is 233 Å². The van der Waals surface area contributed by atoms with Crippen molar-refractivity contribution in [3.8, 4) is 0 Å². The number of aliphatic carboxylic acids is 1. The highest BCUT2D eigenvalue weighted by Crippen LogP contribution is 2.41. The van der Waals surface area contributed by atoms with Crippen LogP contribution in [-0.2, 0) is 23.2 Å².